The first-order valence-electron chi connectivity index (χ1n) is 6.54. The quantitative estimate of drug-likeness (QED) is 0.548. The Kier molecular flexibility index (Phi) is 3.27. The Hall–Kier alpha value is -3.67. The maximum absolute atomic E-state index is 10.7. The summed E-state index contributed by atoms with van der Waals surface area (Å²) in [6, 6.07) is 8.08. The molecule has 114 valence electrons. The van der Waals surface area contributed by atoms with E-state index in [9.17, 15) is 15.4 Å². The van der Waals surface area contributed by atoms with E-state index in [1.54, 1.807) is 16.7 Å². The van der Waals surface area contributed by atoms with E-state index < -0.39 is 4.92 Å². The monoisotopic (exact) mass is 309 g/mol. The number of nitrogen functional groups attached to an aromatic ring is 2. The first-order valence-corrected chi connectivity index (χ1v) is 6.54. The highest BCUT2D eigenvalue weighted by atomic mass is 16.6. The molecule has 0 aliphatic carbocycles. The number of anilines is 2. The van der Waals surface area contributed by atoms with Gasteiger partial charge in [0.25, 0.3) is 5.69 Å². The summed E-state index contributed by atoms with van der Waals surface area (Å²) in [6.07, 6.45) is 1.30. The second-order valence-corrected chi connectivity index (χ2v) is 4.84. The van der Waals surface area contributed by atoms with Crippen molar-refractivity contribution in [3.8, 4) is 6.07 Å². The van der Waals surface area contributed by atoms with Gasteiger partial charge in [-0.1, -0.05) is 12.1 Å². The van der Waals surface area contributed by atoms with Crippen molar-refractivity contribution in [2.75, 3.05) is 11.5 Å². The largest absolute Gasteiger partial charge is 0.384 e. The summed E-state index contributed by atoms with van der Waals surface area (Å²) in [5, 5.41) is 20.4. The minimum absolute atomic E-state index is 0.00312. The van der Waals surface area contributed by atoms with E-state index in [2.05, 4.69) is 9.97 Å². The SMILES string of the molecule is N#Cc1c(N)n(Cc2ccc([N+](=O)[O-])cc2)c2ncnc(N)c12. The van der Waals surface area contributed by atoms with Crippen LogP contribution in [0.1, 0.15) is 11.1 Å². The Morgan fingerprint density at radius 3 is 2.57 bits per heavy atom. The summed E-state index contributed by atoms with van der Waals surface area (Å²) in [5.74, 6) is 0.411. The highest BCUT2D eigenvalue weighted by Gasteiger charge is 2.19. The first-order chi connectivity index (χ1) is 11.0. The van der Waals surface area contributed by atoms with E-state index in [1.807, 2.05) is 6.07 Å². The summed E-state index contributed by atoms with van der Waals surface area (Å²) in [7, 11) is 0. The first kappa shape index (κ1) is 14.3. The van der Waals surface area contributed by atoms with Gasteiger partial charge in [0.05, 0.1) is 16.9 Å². The van der Waals surface area contributed by atoms with Crippen molar-refractivity contribution < 1.29 is 4.92 Å². The zero-order valence-electron chi connectivity index (χ0n) is 11.8. The number of nitro benzene ring substituents is 1. The molecule has 0 aliphatic heterocycles. The molecule has 0 bridgehead atoms. The maximum Gasteiger partial charge on any atom is 0.269 e. The number of rotatable bonds is 3. The van der Waals surface area contributed by atoms with Crippen LogP contribution in [0.5, 0.6) is 0 Å². The van der Waals surface area contributed by atoms with Crippen molar-refractivity contribution in [3.05, 3.63) is 51.8 Å². The average Bonchev–Trinajstić information content (AvgIpc) is 2.81. The fourth-order valence-electron chi connectivity index (χ4n) is 2.39. The number of non-ortho nitro benzene ring substituents is 1. The normalized spacial score (nSPS) is 10.6. The van der Waals surface area contributed by atoms with Crippen molar-refractivity contribution in [1.82, 2.24) is 14.5 Å². The molecule has 1 aromatic carbocycles. The van der Waals surface area contributed by atoms with E-state index >= 15 is 0 Å². The van der Waals surface area contributed by atoms with Crippen molar-refractivity contribution >= 4 is 28.4 Å². The van der Waals surface area contributed by atoms with Crippen molar-refractivity contribution in [2.24, 2.45) is 0 Å². The molecule has 4 N–H and O–H groups in total. The molecule has 9 nitrogen and oxygen atoms in total. The Bertz CT molecular complexity index is 954. The minimum Gasteiger partial charge on any atom is -0.384 e. The lowest BCUT2D eigenvalue weighted by Gasteiger charge is -2.07. The van der Waals surface area contributed by atoms with Gasteiger partial charge in [0.1, 0.15) is 35.2 Å². The number of nitro groups is 1. The van der Waals surface area contributed by atoms with Gasteiger partial charge in [-0.3, -0.25) is 10.1 Å². The van der Waals surface area contributed by atoms with Crippen LogP contribution < -0.4 is 11.5 Å². The number of nitrogens with zero attached hydrogens (tertiary/aromatic N) is 5. The molecule has 23 heavy (non-hydrogen) atoms. The van der Waals surface area contributed by atoms with Crippen LogP contribution in [0.4, 0.5) is 17.3 Å². The van der Waals surface area contributed by atoms with Crippen molar-refractivity contribution in [1.29, 1.82) is 5.26 Å². The zero-order chi connectivity index (χ0) is 16.6. The van der Waals surface area contributed by atoms with Gasteiger partial charge >= 0.3 is 0 Å². The van der Waals surface area contributed by atoms with Gasteiger partial charge in [0, 0.05) is 12.1 Å². The molecular formula is C14H11N7O2. The highest BCUT2D eigenvalue weighted by Crippen LogP contribution is 2.30. The molecule has 0 saturated carbocycles. The fraction of sp³-hybridized carbons (Fsp3) is 0.0714. The minimum atomic E-state index is -0.467. The second kappa shape index (κ2) is 5.27. The zero-order valence-corrected chi connectivity index (χ0v) is 11.8. The molecular weight excluding hydrogens is 298 g/mol. The summed E-state index contributed by atoms with van der Waals surface area (Å²) in [4.78, 5) is 18.3. The Balaban J connectivity index is 2.10. The Labute approximate surface area is 129 Å². The summed E-state index contributed by atoms with van der Waals surface area (Å²) >= 11 is 0. The van der Waals surface area contributed by atoms with Gasteiger partial charge < -0.3 is 16.0 Å². The Morgan fingerprint density at radius 1 is 1.26 bits per heavy atom. The molecule has 2 aromatic heterocycles. The fourth-order valence-corrected chi connectivity index (χ4v) is 2.39. The number of nitrogens with two attached hydrogens (primary N) is 2. The lowest BCUT2D eigenvalue weighted by atomic mass is 10.2. The summed E-state index contributed by atoms with van der Waals surface area (Å²) < 4.78 is 1.63. The molecule has 3 rings (SSSR count). The molecule has 3 aromatic rings. The van der Waals surface area contributed by atoms with Crippen LogP contribution in [0.2, 0.25) is 0 Å². The third-order valence-electron chi connectivity index (χ3n) is 3.51. The molecule has 0 radical (unpaired) electrons. The smallest absolute Gasteiger partial charge is 0.269 e. The van der Waals surface area contributed by atoms with Crippen LogP contribution in [0.15, 0.2) is 30.6 Å². The predicted octanol–water partition coefficient (Wildman–Crippen LogP) is 1.42. The molecule has 9 heteroatoms. The molecule has 0 fully saturated rings. The number of hydrogen-bond donors (Lipinski definition) is 2. The number of benzene rings is 1. The summed E-state index contributed by atoms with van der Waals surface area (Å²) in [6.45, 7) is 0.304. The van der Waals surface area contributed by atoms with Crippen molar-refractivity contribution in [2.45, 2.75) is 6.54 Å². The molecule has 2 heterocycles. The molecule has 0 atom stereocenters. The van der Waals surface area contributed by atoms with Crippen LogP contribution in [0, 0.1) is 21.4 Å². The lowest BCUT2D eigenvalue weighted by molar-refractivity contribution is -0.384. The molecule has 0 spiro atoms. The van der Waals surface area contributed by atoms with E-state index in [0.29, 0.717) is 17.6 Å². The van der Waals surface area contributed by atoms with E-state index in [0.717, 1.165) is 5.56 Å². The lowest BCUT2D eigenvalue weighted by Crippen LogP contribution is -2.05. The number of hydrogen-bond acceptors (Lipinski definition) is 7. The van der Waals surface area contributed by atoms with Crippen LogP contribution >= 0.6 is 0 Å². The standard InChI is InChI=1S/C14H11N7O2/c15-5-10-11-12(16)18-7-19-14(11)20(13(10)17)6-8-1-3-9(4-2-8)21(22)23/h1-4,7H,6,17H2,(H2,16,18,19). The molecule has 0 saturated heterocycles. The van der Waals surface area contributed by atoms with Gasteiger partial charge in [-0.05, 0) is 5.56 Å². The van der Waals surface area contributed by atoms with Gasteiger partial charge in [-0.15, -0.1) is 0 Å². The third kappa shape index (κ3) is 2.28. The number of fused-ring (bicyclic) bond motifs is 1. The molecule has 0 unspecified atom stereocenters. The highest BCUT2D eigenvalue weighted by molar-refractivity contribution is 5.96. The van der Waals surface area contributed by atoms with Crippen LogP contribution in [-0.4, -0.2) is 19.5 Å². The van der Waals surface area contributed by atoms with Gasteiger partial charge in [-0.25, -0.2) is 9.97 Å². The maximum atomic E-state index is 10.7. The summed E-state index contributed by atoms with van der Waals surface area (Å²) in [5.41, 5.74) is 13.3. The Morgan fingerprint density at radius 2 is 1.96 bits per heavy atom. The predicted molar refractivity (Wildman–Crippen MR) is 83.3 cm³/mol. The van der Waals surface area contributed by atoms with Gasteiger partial charge in [-0.2, -0.15) is 5.26 Å². The van der Waals surface area contributed by atoms with Gasteiger partial charge in [0.2, 0.25) is 0 Å². The number of aromatic nitrogens is 3. The topological polar surface area (TPSA) is 150 Å². The second-order valence-electron chi connectivity index (χ2n) is 4.84. The third-order valence-corrected chi connectivity index (χ3v) is 3.51. The molecule has 0 aliphatic rings. The van der Waals surface area contributed by atoms with E-state index in [1.165, 1.54) is 18.5 Å². The van der Waals surface area contributed by atoms with Gasteiger partial charge in [0.15, 0.2) is 0 Å². The van der Waals surface area contributed by atoms with Crippen LogP contribution in [0.25, 0.3) is 11.0 Å². The molecule has 0 amide bonds. The number of nitriles is 1. The van der Waals surface area contributed by atoms with E-state index in [-0.39, 0.29) is 22.9 Å². The van der Waals surface area contributed by atoms with Crippen molar-refractivity contribution in [3.63, 3.8) is 0 Å². The van der Waals surface area contributed by atoms with E-state index in [4.69, 9.17) is 11.5 Å². The van der Waals surface area contributed by atoms with Crippen LogP contribution in [-0.2, 0) is 6.54 Å². The average molecular weight is 309 g/mol. The van der Waals surface area contributed by atoms with Crippen LogP contribution in [0.3, 0.4) is 0 Å².